The standard InChI is InChI=1S/C13H13BrN2O/c14-12-7-11(1-2-13(12)17)9-16-8-10-3-5-15-6-4-10/h1-7,16-17H,8-9H2. The van der Waals surface area contributed by atoms with E-state index in [0.29, 0.717) is 0 Å². The summed E-state index contributed by atoms with van der Waals surface area (Å²) in [4.78, 5) is 3.97. The second-order valence-corrected chi connectivity index (χ2v) is 4.60. The van der Waals surface area contributed by atoms with Crippen LogP contribution in [0, 0.1) is 0 Å². The van der Waals surface area contributed by atoms with Gasteiger partial charge in [-0.2, -0.15) is 0 Å². The van der Waals surface area contributed by atoms with Gasteiger partial charge in [-0.3, -0.25) is 4.98 Å². The average Bonchev–Trinajstić information content (AvgIpc) is 2.35. The van der Waals surface area contributed by atoms with Gasteiger partial charge >= 0.3 is 0 Å². The number of phenols is 1. The number of hydrogen-bond acceptors (Lipinski definition) is 3. The Bertz CT molecular complexity index is 488. The van der Waals surface area contributed by atoms with Gasteiger partial charge in [0, 0.05) is 25.5 Å². The van der Waals surface area contributed by atoms with Gasteiger partial charge in [-0.1, -0.05) is 6.07 Å². The number of aromatic hydroxyl groups is 1. The zero-order valence-corrected chi connectivity index (χ0v) is 10.8. The molecule has 88 valence electrons. The Kier molecular flexibility index (Phi) is 4.12. The molecule has 1 heterocycles. The molecule has 4 heteroatoms. The first-order valence-electron chi connectivity index (χ1n) is 5.33. The van der Waals surface area contributed by atoms with E-state index < -0.39 is 0 Å². The van der Waals surface area contributed by atoms with Gasteiger partial charge in [0.2, 0.25) is 0 Å². The van der Waals surface area contributed by atoms with Crippen LogP contribution in [0.25, 0.3) is 0 Å². The number of nitrogens with one attached hydrogen (secondary N) is 1. The van der Waals surface area contributed by atoms with Crippen LogP contribution in [0.2, 0.25) is 0 Å². The molecular formula is C13H13BrN2O. The van der Waals surface area contributed by atoms with Gasteiger partial charge in [0.15, 0.2) is 0 Å². The topological polar surface area (TPSA) is 45.1 Å². The molecule has 0 bridgehead atoms. The summed E-state index contributed by atoms with van der Waals surface area (Å²) in [7, 11) is 0. The molecule has 3 nitrogen and oxygen atoms in total. The molecule has 0 amide bonds. The van der Waals surface area contributed by atoms with E-state index in [0.717, 1.165) is 23.1 Å². The molecule has 0 fully saturated rings. The molecule has 0 saturated heterocycles. The number of pyridine rings is 1. The summed E-state index contributed by atoms with van der Waals surface area (Å²) in [5.41, 5.74) is 2.33. The van der Waals surface area contributed by atoms with Crippen LogP contribution >= 0.6 is 15.9 Å². The van der Waals surface area contributed by atoms with Gasteiger partial charge < -0.3 is 10.4 Å². The molecule has 2 aromatic rings. The van der Waals surface area contributed by atoms with Crippen molar-refractivity contribution in [3.8, 4) is 5.75 Å². The van der Waals surface area contributed by atoms with E-state index in [9.17, 15) is 5.11 Å². The number of halogens is 1. The maximum Gasteiger partial charge on any atom is 0.129 e. The maximum absolute atomic E-state index is 9.37. The summed E-state index contributed by atoms with van der Waals surface area (Å²) in [5, 5.41) is 12.7. The van der Waals surface area contributed by atoms with E-state index in [-0.39, 0.29) is 5.75 Å². The Morgan fingerprint density at radius 1 is 1.06 bits per heavy atom. The highest BCUT2D eigenvalue weighted by Gasteiger charge is 1.99. The van der Waals surface area contributed by atoms with E-state index in [1.54, 1.807) is 18.5 Å². The lowest BCUT2D eigenvalue weighted by Crippen LogP contribution is -2.12. The summed E-state index contributed by atoms with van der Waals surface area (Å²) in [6.07, 6.45) is 3.57. The maximum atomic E-state index is 9.37. The van der Waals surface area contributed by atoms with Crippen LogP contribution < -0.4 is 5.32 Å². The Labute approximate surface area is 109 Å². The molecule has 1 aromatic carbocycles. The fourth-order valence-electron chi connectivity index (χ4n) is 1.51. The predicted octanol–water partition coefficient (Wildman–Crippen LogP) is 2.84. The molecule has 0 aliphatic carbocycles. The van der Waals surface area contributed by atoms with E-state index in [1.807, 2.05) is 24.3 Å². The van der Waals surface area contributed by atoms with Crippen molar-refractivity contribution >= 4 is 15.9 Å². The van der Waals surface area contributed by atoms with E-state index in [1.165, 1.54) is 5.56 Å². The molecule has 17 heavy (non-hydrogen) atoms. The SMILES string of the molecule is Oc1ccc(CNCc2ccncc2)cc1Br. The number of rotatable bonds is 4. The first kappa shape index (κ1) is 12.1. The molecule has 0 spiro atoms. The quantitative estimate of drug-likeness (QED) is 0.911. The van der Waals surface area contributed by atoms with Crippen molar-refractivity contribution < 1.29 is 5.11 Å². The minimum Gasteiger partial charge on any atom is -0.507 e. The predicted molar refractivity (Wildman–Crippen MR) is 70.6 cm³/mol. The fraction of sp³-hybridized carbons (Fsp3) is 0.154. The Balaban J connectivity index is 1.88. The Morgan fingerprint density at radius 2 is 1.76 bits per heavy atom. The van der Waals surface area contributed by atoms with Gasteiger partial charge in [0.1, 0.15) is 5.75 Å². The first-order chi connectivity index (χ1) is 8.25. The monoisotopic (exact) mass is 292 g/mol. The lowest BCUT2D eigenvalue weighted by molar-refractivity contribution is 0.471. The smallest absolute Gasteiger partial charge is 0.129 e. The van der Waals surface area contributed by atoms with E-state index in [4.69, 9.17) is 0 Å². The molecule has 2 rings (SSSR count). The lowest BCUT2D eigenvalue weighted by atomic mass is 10.2. The minimum atomic E-state index is 0.267. The molecule has 0 unspecified atom stereocenters. The Morgan fingerprint density at radius 3 is 2.47 bits per heavy atom. The third-order valence-electron chi connectivity index (χ3n) is 2.42. The van der Waals surface area contributed by atoms with Crippen molar-refractivity contribution in [2.45, 2.75) is 13.1 Å². The summed E-state index contributed by atoms with van der Waals surface area (Å²) < 4.78 is 0.723. The normalized spacial score (nSPS) is 10.4. The number of hydrogen-bond donors (Lipinski definition) is 2. The van der Waals surface area contributed by atoms with Crippen LogP contribution in [-0.4, -0.2) is 10.1 Å². The summed E-state index contributed by atoms with van der Waals surface area (Å²) in [5.74, 6) is 0.267. The van der Waals surface area contributed by atoms with Crippen LogP contribution in [0.3, 0.4) is 0 Å². The largest absolute Gasteiger partial charge is 0.507 e. The highest BCUT2D eigenvalue weighted by Crippen LogP contribution is 2.24. The summed E-state index contributed by atoms with van der Waals surface area (Å²) in [6.45, 7) is 1.57. The van der Waals surface area contributed by atoms with Crippen molar-refractivity contribution in [1.82, 2.24) is 10.3 Å². The minimum absolute atomic E-state index is 0.267. The molecule has 0 atom stereocenters. The number of aromatic nitrogens is 1. The van der Waals surface area contributed by atoms with Crippen molar-refractivity contribution in [3.05, 3.63) is 58.3 Å². The van der Waals surface area contributed by atoms with Crippen molar-refractivity contribution in [1.29, 1.82) is 0 Å². The van der Waals surface area contributed by atoms with E-state index in [2.05, 4.69) is 26.2 Å². The van der Waals surface area contributed by atoms with Gasteiger partial charge in [0.05, 0.1) is 4.47 Å². The molecule has 0 aliphatic rings. The van der Waals surface area contributed by atoms with Crippen molar-refractivity contribution in [3.63, 3.8) is 0 Å². The van der Waals surface area contributed by atoms with Gasteiger partial charge in [-0.05, 0) is 51.3 Å². The second-order valence-electron chi connectivity index (χ2n) is 3.74. The van der Waals surface area contributed by atoms with Crippen LogP contribution in [0.5, 0.6) is 5.75 Å². The van der Waals surface area contributed by atoms with Crippen LogP contribution in [-0.2, 0) is 13.1 Å². The molecule has 0 saturated carbocycles. The summed E-state index contributed by atoms with van der Waals surface area (Å²) >= 11 is 3.30. The van der Waals surface area contributed by atoms with Crippen molar-refractivity contribution in [2.24, 2.45) is 0 Å². The lowest BCUT2D eigenvalue weighted by Gasteiger charge is -2.06. The van der Waals surface area contributed by atoms with Gasteiger partial charge in [0.25, 0.3) is 0 Å². The summed E-state index contributed by atoms with van der Waals surface area (Å²) in [6, 6.07) is 9.47. The average molecular weight is 293 g/mol. The highest BCUT2D eigenvalue weighted by atomic mass is 79.9. The molecule has 1 aromatic heterocycles. The van der Waals surface area contributed by atoms with Crippen LogP contribution in [0.15, 0.2) is 47.2 Å². The van der Waals surface area contributed by atoms with Crippen LogP contribution in [0.4, 0.5) is 0 Å². The fourth-order valence-corrected chi connectivity index (χ4v) is 1.94. The molecule has 0 aliphatic heterocycles. The highest BCUT2D eigenvalue weighted by molar-refractivity contribution is 9.10. The zero-order valence-electron chi connectivity index (χ0n) is 9.23. The van der Waals surface area contributed by atoms with Gasteiger partial charge in [-0.15, -0.1) is 0 Å². The van der Waals surface area contributed by atoms with E-state index >= 15 is 0 Å². The molecule has 2 N–H and O–H groups in total. The van der Waals surface area contributed by atoms with Crippen LogP contribution in [0.1, 0.15) is 11.1 Å². The van der Waals surface area contributed by atoms with Crippen molar-refractivity contribution in [2.75, 3.05) is 0 Å². The zero-order chi connectivity index (χ0) is 12.1. The number of nitrogens with zero attached hydrogens (tertiary/aromatic N) is 1. The second kappa shape index (κ2) is 5.80. The van der Waals surface area contributed by atoms with Gasteiger partial charge in [-0.25, -0.2) is 0 Å². The Hall–Kier alpha value is -1.39. The molecular weight excluding hydrogens is 280 g/mol. The first-order valence-corrected chi connectivity index (χ1v) is 6.12. The third kappa shape index (κ3) is 3.54. The molecule has 0 radical (unpaired) electrons. The number of phenolic OH excluding ortho intramolecular Hbond substituents is 1. The third-order valence-corrected chi connectivity index (χ3v) is 3.05. The number of benzene rings is 1.